The number of hydrogen-bond acceptors (Lipinski definition) is 2. The highest BCUT2D eigenvalue weighted by Gasteiger charge is 2.32. The van der Waals surface area contributed by atoms with Gasteiger partial charge in [-0.25, -0.2) is 4.79 Å². The second-order valence-corrected chi connectivity index (χ2v) is 5.46. The topological polar surface area (TPSA) is 26.3 Å². The average molecular weight is 295 g/mol. The highest BCUT2D eigenvalue weighted by Crippen LogP contribution is 2.39. The van der Waals surface area contributed by atoms with Crippen molar-refractivity contribution in [2.45, 2.75) is 6.10 Å². The van der Waals surface area contributed by atoms with Gasteiger partial charge < -0.3 is 4.74 Å². The number of esters is 1. The third kappa shape index (κ3) is 1.83. The van der Waals surface area contributed by atoms with Crippen LogP contribution in [0.5, 0.6) is 0 Å². The van der Waals surface area contributed by atoms with E-state index >= 15 is 0 Å². The van der Waals surface area contributed by atoms with Gasteiger partial charge in [0.15, 0.2) is 6.10 Å². The lowest BCUT2D eigenvalue weighted by molar-refractivity contribution is 0.0458. The molecule has 0 amide bonds. The van der Waals surface area contributed by atoms with Gasteiger partial charge in [0.1, 0.15) is 0 Å². The summed E-state index contributed by atoms with van der Waals surface area (Å²) in [5, 5.41) is 2.68. The van der Waals surface area contributed by atoms with Gasteiger partial charge in [-0.05, 0) is 17.5 Å². The molecule has 3 aromatic carbocycles. The zero-order chi connectivity index (χ0) is 14.4. The Balaban J connectivity index is 1.97. The maximum atomic E-state index is 12.0. The molecule has 21 heavy (non-hydrogen) atoms. The molecular formula is C18H11ClO2. The monoisotopic (exact) mass is 294 g/mol. The Bertz CT molecular complexity index is 870. The third-order valence-corrected chi connectivity index (χ3v) is 4.20. The molecule has 4 rings (SSSR count). The second kappa shape index (κ2) is 4.61. The van der Waals surface area contributed by atoms with Crippen LogP contribution < -0.4 is 0 Å². The van der Waals surface area contributed by atoms with Crippen molar-refractivity contribution in [1.29, 1.82) is 0 Å². The van der Waals surface area contributed by atoms with Crippen LogP contribution in [0, 0.1) is 0 Å². The molecule has 102 valence electrons. The quantitative estimate of drug-likeness (QED) is 0.605. The highest BCUT2D eigenvalue weighted by molar-refractivity contribution is 6.35. The van der Waals surface area contributed by atoms with E-state index in [9.17, 15) is 4.79 Å². The fraction of sp³-hybridized carbons (Fsp3) is 0.0556. The summed E-state index contributed by atoms with van der Waals surface area (Å²) >= 11 is 6.26. The van der Waals surface area contributed by atoms with E-state index in [1.165, 1.54) is 0 Å². The minimum absolute atomic E-state index is 0.269. The van der Waals surface area contributed by atoms with Gasteiger partial charge in [-0.15, -0.1) is 0 Å². The molecule has 0 fully saturated rings. The van der Waals surface area contributed by atoms with E-state index in [1.54, 1.807) is 6.07 Å². The van der Waals surface area contributed by atoms with Gasteiger partial charge in [0, 0.05) is 21.5 Å². The summed E-state index contributed by atoms with van der Waals surface area (Å²) in [4.78, 5) is 12.0. The van der Waals surface area contributed by atoms with Crippen LogP contribution in [0.4, 0.5) is 0 Å². The van der Waals surface area contributed by atoms with E-state index in [2.05, 4.69) is 0 Å². The number of fused-ring (bicyclic) bond motifs is 2. The van der Waals surface area contributed by atoms with E-state index in [0.717, 1.165) is 21.9 Å². The Labute approximate surface area is 126 Å². The zero-order valence-electron chi connectivity index (χ0n) is 11.0. The first kappa shape index (κ1) is 12.4. The Morgan fingerprint density at radius 3 is 2.38 bits per heavy atom. The van der Waals surface area contributed by atoms with Crippen LogP contribution in [0.1, 0.15) is 27.6 Å². The maximum absolute atomic E-state index is 12.0. The molecule has 0 spiro atoms. The van der Waals surface area contributed by atoms with E-state index in [1.807, 2.05) is 54.6 Å². The molecule has 1 heterocycles. The van der Waals surface area contributed by atoms with Gasteiger partial charge in [0.25, 0.3) is 0 Å². The number of ether oxygens (including phenoxy) is 1. The molecule has 0 aromatic heterocycles. The van der Waals surface area contributed by atoms with Crippen molar-refractivity contribution in [3.05, 3.63) is 82.4 Å². The Kier molecular flexibility index (Phi) is 2.72. The van der Waals surface area contributed by atoms with Crippen LogP contribution in [-0.4, -0.2) is 5.97 Å². The minimum Gasteiger partial charge on any atom is -0.449 e. The van der Waals surface area contributed by atoms with Crippen LogP contribution in [0.3, 0.4) is 0 Å². The summed E-state index contributed by atoms with van der Waals surface area (Å²) in [6.45, 7) is 0. The van der Waals surface area contributed by atoms with Crippen LogP contribution in [-0.2, 0) is 4.74 Å². The van der Waals surface area contributed by atoms with Gasteiger partial charge in [0.05, 0.1) is 5.56 Å². The van der Waals surface area contributed by atoms with Crippen LogP contribution in [0.25, 0.3) is 10.8 Å². The summed E-state index contributed by atoms with van der Waals surface area (Å²) < 4.78 is 5.58. The molecule has 0 saturated carbocycles. The molecule has 3 heteroatoms. The van der Waals surface area contributed by atoms with Crippen LogP contribution >= 0.6 is 11.6 Å². The molecule has 3 aromatic rings. The first-order chi connectivity index (χ1) is 10.3. The largest absolute Gasteiger partial charge is 0.449 e. The Morgan fingerprint density at radius 1 is 0.810 bits per heavy atom. The van der Waals surface area contributed by atoms with Gasteiger partial charge in [-0.2, -0.15) is 0 Å². The maximum Gasteiger partial charge on any atom is 0.339 e. The highest BCUT2D eigenvalue weighted by atomic mass is 35.5. The molecule has 0 saturated heterocycles. The summed E-state index contributed by atoms with van der Waals surface area (Å²) in [6.07, 6.45) is -0.365. The normalized spacial score (nSPS) is 16.8. The minimum atomic E-state index is -0.365. The molecule has 1 aliphatic rings. The predicted molar refractivity (Wildman–Crippen MR) is 82.7 cm³/mol. The number of rotatable bonds is 1. The van der Waals surface area contributed by atoms with E-state index in [0.29, 0.717) is 10.6 Å². The van der Waals surface area contributed by atoms with Crippen molar-refractivity contribution in [1.82, 2.24) is 0 Å². The molecule has 0 bridgehead atoms. The number of halogens is 1. The fourth-order valence-electron chi connectivity index (χ4n) is 2.89. The molecule has 0 aliphatic carbocycles. The fourth-order valence-corrected chi connectivity index (χ4v) is 3.12. The summed E-state index contributed by atoms with van der Waals surface area (Å²) in [7, 11) is 0. The number of carbonyl (C=O) groups is 1. The number of cyclic esters (lactones) is 1. The second-order valence-electron chi connectivity index (χ2n) is 5.05. The first-order valence-electron chi connectivity index (χ1n) is 6.73. The van der Waals surface area contributed by atoms with Crippen LogP contribution in [0.15, 0.2) is 60.7 Å². The van der Waals surface area contributed by atoms with Crippen molar-refractivity contribution in [2.75, 3.05) is 0 Å². The Hall–Kier alpha value is -2.32. The van der Waals surface area contributed by atoms with E-state index < -0.39 is 0 Å². The lowest BCUT2D eigenvalue weighted by atomic mass is 9.95. The van der Waals surface area contributed by atoms with E-state index in [4.69, 9.17) is 16.3 Å². The predicted octanol–water partition coefficient (Wildman–Crippen LogP) is 4.75. The van der Waals surface area contributed by atoms with Gasteiger partial charge in [0.2, 0.25) is 0 Å². The van der Waals surface area contributed by atoms with Crippen molar-refractivity contribution in [2.24, 2.45) is 0 Å². The SMILES string of the molecule is O=C1O[C@H](c2ccc(Cl)c3ccccc23)c2ccccc21. The van der Waals surface area contributed by atoms with Crippen molar-refractivity contribution in [3.63, 3.8) is 0 Å². The number of carbonyl (C=O) groups excluding carboxylic acids is 1. The molecular weight excluding hydrogens is 284 g/mol. The Morgan fingerprint density at radius 2 is 1.52 bits per heavy atom. The lowest BCUT2D eigenvalue weighted by Crippen LogP contribution is -2.01. The molecule has 0 N–H and O–H groups in total. The summed E-state index contributed by atoms with van der Waals surface area (Å²) in [6, 6.07) is 19.2. The molecule has 1 aliphatic heterocycles. The van der Waals surface area contributed by atoms with Crippen molar-refractivity contribution < 1.29 is 9.53 Å². The third-order valence-electron chi connectivity index (χ3n) is 3.88. The standard InChI is InChI=1S/C18H11ClO2/c19-16-10-9-14(11-5-1-2-6-12(11)16)17-13-7-3-4-8-15(13)18(20)21-17/h1-10,17H/t17-/m0/s1. The van der Waals surface area contributed by atoms with E-state index in [-0.39, 0.29) is 12.1 Å². The smallest absolute Gasteiger partial charge is 0.339 e. The van der Waals surface area contributed by atoms with Gasteiger partial charge >= 0.3 is 5.97 Å². The summed E-state index contributed by atoms with van der Waals surface area (Å²) in [5.74, 6) is -0.269. The zero-order valence-corrected chi connectivity index (χ0v) is 11.8. The molecule has 2 nitrogen and oxygen atoms in total. The van der Waals surface area contributed by atoms with Gasteiger partial charge in [-0.1, -0.05) is 60.1 Å². The summed E-state index contributed by atoms with van der Waals surface area (Å²) in [5.41, 5.74) is 2.52. The van der Waals surface area contributed by atoms with Crippen LogP contribution in [0.2, 0.25) is 5.02 Å². The van der Waals surface area contributed by atoms with Crippen molar-refractivity contribution >= 4 is 28.3 Å². The molecule has 0 radical (unpaired) electrons. The number of benzene rings is 3. The molecule has 1 atom stereocenters. The first-order valence-corrected chi connectivity index (χ1v) is 7.10. The average Bonchev–Trinajstić information content (AvgIpc) is 2.86. The van der Waals surface area contributed by atoms with Gasteiger partial charge in [-0.3, -0.25) is 0 Å². The molecule has 0 unspecified atom stereocenters. The van der Waals surface area contributed by atoms with Crippen molar-refractivity contribution in [3.8, 4) is 0 Å². The number of hydrogen-bond donors (Lipinski definition) is 0. The lowest BCUT2D eigenvalue weighted by Gasteiger charge is -2.14.